The van der Waals surface area contributed by atoms with Crippen molar-refractivity contribution in [2.45, 2.75) is 12.2 Å². The number of carbonyl (C=O) groups is 3. The molecule has 0 radical (unpaired) electrons. The first-order valence-electron chi connectivity index (χ1n) is 6.25. The average Bonchev–Trinajstić information content (AvgIpc) is 3.19. The Balaban J connectivity index is 1.56. The van der Waals surface area contributed by atoms with Crippen molar-refractivity contribution in [2.75, 3.05) is 0 Å². The van der Waals surface area contributed by atoms with Crippen LogP contribution < -0.4 is 0 Å². The summed E-state index contributed by atoms with van der Waals surface area (Å²) in [6.45, 7) is 0. The maximum atomic E-state index is 12.3. The van der Waals surface area contributed by atoms with Crippen molar-refractivity contribution in [3.8, 4) is 0 Å². The van der Waals surface area contributed by atoms with Gasteiger partial charge in [-0.1, -0.05) is 23.8 Å². The molecular weight excluding hydrogens is 318 g/mol. The Morgan fingerprint density at radius 2 is 1.81 bits per heavy atom. The van der Waals surface area contributed by atoms with Crippen molar-refractivity contribution in [2.24, 2.45) is 11.8 Å². The van der Waals surface area contributed by atoms with Gasteiger partial charge in [0.25, 0.3) is 11.8 Å². The molecule has 4 rings (SSSR count). The van der Waals surface area contributed by atoms with Crippen LogP contribution in [0.4, 0.5) is 0 Å². The van der Waals surface area contributed by atoms with Gasteiger partial charge in [0, 0.05) is 0 Å². The largest absolute Gasteiger partial charge is 0.373 e. The van der Waals surface area contributed by atoms with Crippen LogP contribution in [0.3, 0.4) is 0 Å². The fourth-order valence-corrected chi connectivity index (χ4v) is 3.83. The zero-order chi connectivity index (χ0) is 14.7. The first-order chi connectivity index (χ1) is 10.1. The molecule has 4 heterocycles. The highest BCUT2D eigenvalue weighted by Gasteiger charge is 2.62. The minimum atomic E-state index is -0.769. The van der Waals surface area contributed by atoms with Gasteiger partial charge in [-0.2, -0.15) is 0 Å². The fourth-order valence-electron chi connectivity index (χ4n) is 2.92. The van der Waals surface area contributed by atoms with E-state index in [1.807, 2.05) is 0 Å². The zero-order valence-electron chi connectivity index (χ0n) is 10.4. The Morgan fingerprint density at radius 3 is 2.33 bits per heavy atom. The van der Waals surface area contributed by atoms with E-state index in [4.69, 9.17) is 21.2 Å². The molecule has 0 N–H and O–H groups in total. The molecule has 2 bridgehead atoms. The maximum absolute atomic E-state index is 12.3. The quantitative estimate of drug-likeness (QED) is 0.607. The van der Waals surface area contributed by atoms with Crippen molar-refractivity contribution in [3.63, 3.8) is 0 Å². The van der Waals surface area contributed by atoms with E-state index in [1.54, 1.807) is 18.2 Å². The van der Waals surface area contributed by atoms with E-state index in [-0.39, 0.29) is 4.88 Å². The van der Waals surface area contributed by atoms with E-state index < -0.39 is 41.8 Å². The Labute approximate surface area is 127 Å². The number of thiophene rings is 1. The molecule has 6 nitrogen and oxygen atoms in total. The molecule has 0 saturated carbocycles. The summed E-state index contributed by atoms with van der Waals surface area (Å²) in [6.07, 6.45) is 2.72. The maximum Gasteiger partial charge on any atom is 0.373 e. The highest BCUT2D eigenvalue weighted by atomic mass is 35.5. The number of fused-ring (bicyclic) bond motifs is 5. The van der Waals surface area contributed by atoms with Crippen LogP contribution in [0.2, 0.25) is 4.34 Å². The number of carbonyl (C=O) groups excluding carboxylic acids is 3. The van der Waals surface area contributed by atoms with Crippen LogP contribution >= 0.6 is 22.9 Å². The zero-order valence-corrected chi connectivity index (χ0v) is 12.0. The van der Waals surface area contributed by atoms with Gasteiger partial charge in [-0.15, -0.1) is 16.4 Å². The molecule has 3 aliphatic rings. The lowest BCUT2D eigenvalue weighted by Gasteiger charge is -2.15. The molecule has 0 spiro atoms. The molecule has 108 valence electrons. The molecule has 1 aromatic rings. The fraction of sp³-hybridized carbons (Fsp3) is 0.308. The number of halogens is 1. The summed E-state index contributed by atoms with van der Waals surface area (Å²) < 4.78 is 5.91. The van der Waals surface area contributed by atoms with Crippen molar-refractivity contribution >= 4 is 40.7 Å². The third-order valence-corrected chi connectivity index (χ3v) is 5.03. The van der Waals surface area contributed by atoms with Crippen molar-refractivity contribution in [1.82, 2.24) is 5.06 Å². The van der Waals surface area contributed by atoms with Crippen molar-refractivity contribution in [1.29, 1.82) is 0 Å². The Bertz CT molecular complexity index is 668. The standard InChI is InChI=1S/C13H8ClNO5S/c14-8-4-3-7(21-8)13(18)20-15-11(16)9-5-1-2-6(19-5)10(9)12(15)17/h1-6,9-10H/t5-,6+,9-,10-/m0/s1. The highest BCUT2D eigenvalue weighted by Crippen LogP contribution is 2.45. The number of amides is 2. The number of hydrogen-bond donors (Lipinski definition) is 0. The van der Waals surface area contributed by atoms with E-state index in [1.165, 1.54) is 6.07 Å². The normalized spacial score (nSPS) is 32.9. The topological polar surface area (TPSA) is 72.9 Å². The first kappa shape index (κ1) is 13.0. The molecule has 4 atom stereocenters. The highest BCUT2D eigenvalue weighted by molar-refractivity contribution is 7.17. The summed E-state index contributed by atoms with van der Waals surface area (Å²) in [5.41, 5.74) is 0. The van der Waals surface area contributed by atoms with Gasteiger partial charge >= 0.3 is 5.97 Å². The van der Waals surface area contributed by atoms with Crippen molar-refractivity contribution in [3.05, 3.63) is 33.5 Å². The molecular formula is C13H8ClNO5S. The predicted octanol–water partition coefficient (Wildman–Crippen LogP) is 1.41. The monoisotopic (exact) mass is 325 g/mol. The number of imide groups is 1. The summed E-state index contributed by atoms with van der Waals surface area (Å²) in [5, 5.41) is 0.570. The lowest BCUT2D eigenvalue weighted by atomic mass is 9.85. The summed E-state index contributed by atoms with van der Waals surface area (Å²) in [6, 6.07) is 3.03. The molecule has 2 amide bonds. The van der Waals surface area contributed by atoms with Crippen molar-refractivity contribution < 1.29 is 24.0 Å². The van der Waals surface area contributed by atoms with Crippen LogP contribution in [0.5, 0.6) is 0 Å². The van der Waals surface area contributed by atoms with Gasteiger partial charge in [0.15, 0.2) is 0 Å². The van der Waals surface area contributed by atoms with Gasteiger partial charge in [-0.3, -0.25) is 9.59 Å². The molecule has 1 aromatic heterocycles. The van der Waals surface area contributed by atoms with E-state index in [0.29, 0.717) is 9.40 Å². The van der Waals surface area contributed by atoms with Gasteiger partial charge in [-0.25, -0.2) is 4.79 Å². The van der Waals surface area contributed by atoms with Gasteiger partial charge < -0.3 is 9.57 Å². The van der Waals surface area contributed by atoms with E-state index >= 15 is 0 Å². The molecule has 0 aromatic carbocycles. The molecule has 0 unspecified atom stereocenters. The number of rotatable bonds is 2. The van der Waals surface area contributed by atoms with Crippen LogP contribution in [-0.2, 0) is 19.2 Å². The van der Waals surface area contributed by atoms with Gasteiger partial charge in [0.2, 0.25) is 0 Å². The number of hydroxylamine groups is 2. The Kier molecular flexibility index (Phi) is 2.72. The number of ether oxygens (including phenoxy) is 1. The minimum Gasteiger partial charge on any atom is -0.365 e. The van der Waals surface area contributed by atoms with Gasteiger partial charge in [-0.05, 0) is 12.1 Å². The Hall–Kier alpha value is -1.70. The smallest absolute Gasteiger partial charge is 0.365 e. The second kappa shape index (κ2) is 4.40. The average molecular weight is 326 g/mol. The SMILES string of the molecule is O=C(ON1C(=O)[C@@H]2[C@@H](C1=O)[C@H]1C=C[C@@H]2O1)c1ccc(Cl)s1. The predicted molar refractivity (Wildman–Crippen MR) is 71.4 cm³/mol. The van der Waals surface area contributed by atoms with Crippen LogP contribution in [0.25, 0.3) is 0 Å². The third-order valence-electron chi connectivity index (χ3n) is 3.82. The number of nitrogens with zero attached hydrogens (tertiary/aromatic N) is 1. The molecule has 0 aliphatic carbocycles. The molecule has 2 fully saturated rings. The van der Waals surface area contributed by atoms with Crippen LogP contribution in [0.1, 0.15) is 9.67 Å². The first-order valence-corrected chi connectivity index (χ1v) is 7.45. The summed E-state index contributed by atoms with van der Waals surface area (Å²) >= 11 is 6.76. The molecule has 21 heavy (non-hydrogen) atoms. The third kappa shape index (κ3) is 1.78. The van der Waals surface area contributed by atoms with Gasteiger partial charge in [0.05, 0.1) is 28.4 Å². The van der Waals surface area contributed by atoms with E-state index in [2.05, 4.69) is 0 Å². The van der Waals surface area contributed by atoms with Crippen LogP contribution in [0, 0.1) is 11.8 Å². The van der Waals surface area contributed by atoms with E-state index in [0.717, 1.165) is 11.3 Å². The summed E-state index contributed by atoms with van der Waals surface area (Å²) in [7, 11) is 0. The van der Waals surface area contributed by atoms with Crippen LogP contribution in [0.15, 0.2) is 24.3 Å². The second-order valence-corrected chi connectivity index (χ2v) is 6.67. The minimum absolute atomic E-state index is 0.231. The lowest BCUT2D eigenvalue weighted by Crippen LogP contribution is -2.36. The second-order valence-electron chi connectivity index (χ2n) is 4.96. The van der Waals surface area contributed by atoms with Gasteiger partial charge in [0.1, 0.15) is 4.88 Å². The Morgan fingerprint density at radius 1 is 1.19 bits per heavy atom. The van der Waals surface area contributed by atoms with Crippen LogP contribution in [-0.4, -0.2) is 35.1 Å². The molecule has 8 heteroatoms. The van der Waals surface area contributed by atoms with E-state index in [9.17, 15) is 14.4 Å². The lowest BCUT2D eigenvalue weighted by molar-refractivity contribution is -0.177. The summed E-state index contributed by atoms with van der Waals surface area (Å²) in [4.78, 5) is 41.6. The molecule has 2 saturated heterocycles. The molecule has 3 aliphatic heterocycles. The number of hydrogen-bond acceptors (Lipinski definition) is 6. The summed E-state index contributed by atoms with van der Waals surface area (Å²) in [5.74, 6) is -3.01.